The smallest absolute Gasteiger partial charge is 0.374 e. The molecule has 0 aliphatic rings. The van der Waals surface area contributed by atoms with Gasteiger partial charge in [0.1, 0.15) is 0 Å². The minimum absolute atomic E-state index is 0.0782. The Labute approximate surface area is 95.3 Å². The van der Waals surface area contributed by atoms with E-state index in [2.05, 4.69) is 0 Å². The molecule has 0 aromatic carbocycles. The Morgan fingerprint density at radius 3 is 1.94 bits per heavy atom. The summed E-state index contributed by atoms with van der Waals surface area (Å²) in [7, 11) is 0. The predicted octanol–water partition coefficient (Wildman–Crippen LogP) is 3.25. The van der Waals surface area contributed by atoms with Crippen LogP contribution in [0.3, 0.4) is 0 Å². The van der Waals surface area contributed by atoms with Gasteiger partial charge in [0.2, 0.25) is 0 Å². The van der Waals surface area contributed by atoms with Gasteiger partial charge >= 0.3 is 6.18 Å². The summed E-state index contributed by atoms with van der Waals surface area (Å²) >= 11 is 0. The second-order valence-electron chi connectivity index (χ2n) is 3.97. The molecule has 0 saturated heterocycles. The van der Waals surface area contributed by atoms with Crippen LogP contribution in [-0.4, -0.2) is 24.4 Å². The van der Waals surface area contributed by atoms with Gasteiger partial charge in [-0.2, -0.15) is 13.2 Å². The van der Waals surface area contributed by atoms with E-state index in [0.29, 0.717) is 19.4 Å². The Morgan fingerprint density at radius 1 is 1.12 bits per heavy atom. The van der Waals surface area contributed by atoms with Gasteiger partial charge in [0.15, 0.2) is 0 Å². The quantitative estimate of drug-likeness (QED) is 0.742. The third-order valence-electron chi connectivity index (χ3n) is 3.04. The molecule has 98 valence electrons. The van der Waals surface area contributed by atoms with Gasteiger partial charge in [0, 0.05) is 19.1 Å². The molecule has 0 amide bonds. The molecular weight excluding hydrogens is 219 g/mol. The van der Waals surface area contributed by atoms with Crippen LogP contribution < -0.4 is 5.73 Å². The molecule has 0 bridgehead atoms. The Kier molecular flexibility index (Phi) is 6.33. The van der Waals surface area contributed by atoms with Crippen LogP contribution in [0.2, 0.25) is 0 Å². The molecule has 0 fully saturated rings. The van der Waals surface area contributed by atoms with Crippen LogP contribution in [0.25, 0.3) is 0 Å². The minimum atomic E-state index is -4.14. The van der Waals surface area contributed by atoms with E-state index in [1.54, 1.807) is 0 Å². The fourth-order valence-electron chi connectivity index (χ4n) is 1.96. The molecule has 0 aromatic rings. The molecule has 0 aliphatic carbocycles. The average molecular weight is 241 g/mol. The number of hydrogen-bond donors (Lipinski definition) is 1. The predicted molar refractivity (Wildman–Crippen MR) is 58.2 cm³/mol. The van der Waals surface area contributed by atoms with E-state index >= 15 is 0 Å². The molecule has 0 rings (SSSR count). The molecule has 0 spiro atoms. The summed E-state index contributed by atoms with van der Waals surface area (Å²) < 4.78 is 41.9. The fraction of sp³-hybridized carbons (Fsp3) is 1.00. The lowest BCUT2D eigenvalue weighted by Crippen LogP contribution is -2.49. The van der Waals surface area contributed by atoms with E-state index in [-0.39, 0.29) is 6.42 Å². The van der Waals surface area contributed by atoms with Crippen LogP contribution in [0, 0.1) is 0 Å². The zero-order valence-electron chi connectivity index (χ0n) is 10.2. The average Bonchev–Trinajstić information content (AvgIpc) is 2.21. The highest BCUT2D eigenvalue weighted by Gasteiger charge is 2.37. The van der Waals surface area contributed by atoms with Gasteiger partial charge in [0.05, 0.1) is 5.60 Å². The molecule has 16 heavy (non-hydrogen) atoms. The van der Waals surface area contributed by atoms with Gasteiger partial charge in [-0.1, -0.05) is 13.8 Å². The van der Waals surface area contributed by atoms with Gasteiger partial charge in [-0.3, -0.25) is 0 Å². The Balaban J connectivity index is 4.43. The Bertz CT molecular complexity index is 190. The molecule has 2 nitrogen and oxygen atoms in total. The van der Waals surface area contributed by atoms with E-state index in [1.807, 2.05) is 20.8 Å². The van der Waals surface area contributed by atoms with Crippen molar-refractivity contribution >= 4 is 0 Å². The van der Waals surface area contributed by atoms with E-state index in [9.17, 15) is 13.2 Å². The molecular formula is C11H22F3NO. The zero-order chi connectivity index (χ0) is 12.8. The second-order valence-corrected chi connectivity index (χ2v) is 3.97. The third-order valence-corrected chi connectivity index (χ3v) is 3.04. The van der Waals surface area contributed by atoms with Crippen molar-refractivity contribution in [1.82, 2.24) is 0 Å². The maximum Gasteiger partial charge on any atom is 0.389 e. The molecule has 0 aromatic heterocycles. The van der Waals surface area contributed by atoms with Gasteiger partial charge < -0.3 is 10.5 Å². The first-order valence-electron chi connectivity index (χ1n) is 5.77. The van der Waals surface area contributed by atoms with Crippen molar-refractivity contribution in [1.29, 1.82) is 0 Å². The Morgan fingerprint density at radius 2 is 1.62 bits per heavy atom. The van der Waals surface area contributed by atoms with Crippen molar-refractivity contribution in [3.05, 3.63) is 0 Å². The van der Waals surface area contributed by atoms with Crippen molar-refractivity contribution in [3.8, 4) is 0 Å². The highest BCUT2D eigenvalue weighted by molar-refractivity contribution is 4.89. The standard InChI is InChI=1S/C11H22F3NO/c1-4-10(5-2,16-6-3)9(15)7-8-11(12,13)14/h9H,4-8,15H2,1-3H3. The molecule has 0 heterocycles. The number of ether oxygens (including phenoxy) is 1. The number of alkyl halides is 3. The summed E-state index contributed by atoms with van der Waals surface area (Å²) in [6, 6.07) is -0.566. The van der Waals surface area contributed by atoms with Crippen LogP contribution in [0.4, 0.5) is 13.2 Å². The normalized spacial score (nSPS) is 15.2. The van der Waals surface area contributed by atoms with Crippen LogP contribution in [0.5, 0.6) is 0 Å². The molecule has 5 heteroatoms. The minimum Gasteiger partial charge on any atom is -0.374 e. The monoisotopic (exact) mass is 241 g/mol. The summed E-state index contributed by atoms with van der Waals surface area (Å²) in [4.78, 5) is 0. The topological polar surface area (TPSA) is 35.2 Å². The van der Waals surface area contributed by atoms with Gasteiger partial charge in [0.25, 0.3) is 0 Å². The van der Waals surface area contributed by atoms with E-state index in [4.69, 9.17) is 10.5 Å². The summed E-state index contributed by atoms with van der Waals surface area (Å²) in [6.45, 7) is 6.09. The Hall–Kier alpha value is -0.290. The lowest BCUT2D eigenvalue weighted by Gasteiger charge is -2.37. The SMILES string of the molecule is CCOC(CC)(CC)C(N)CCC(F)(F)F. The number of rotatable bonds is 7. The lowest BCUT2D eigenvalue weighted by molar-refractivity contribution is -0.142. The van der Waals surface area contributed by atoms with Crippen LogP contribution >= 0.6 is 0 Å². The summed E-state index contributed by atoms with van der Waals surface area (Å²) in [5.41, 5.74) is 5.23. The fourth-order valence-corrected chi connectivity index (χ4v) is 1.96. The van der Waals surface area contributed by atoms with Gasteiger partial charge in [-0.15, -0.1) is 0 Å². The van der Waals surface area contributed by atoms with Gasteiger partial charge in [-0.25, -0.2) is 0 Å². The molecule has 1 unspecified atom stereocenters. The third kappa shape index (κ3) is 4.70. The largest absolute Gasteiger partial charge is 0.389 e. The first kappa shape index (κ1) is 15.7. The van der Waals surface area contributed by atoms with Crippen LogP contribution in [0.15, 0.2) is 0 Å². The first-order chi connectivity index (χ1) is 7.31. The molecule has 0 radical (unpaired) electrons. The summed E-state index contributed by atoms with van der Waals surface area (Å²) in [5.74, 6) is 0. The highest BCUT2D eigenvalue weighted by Crippen LogP contribution is 2.30. The number of nitrogens with two attached hydrogens (primary N) is 1. The van der Waals surface area contributed by atoms with Crippen molar-refractivity contribution < 1.29 is 17.9 Å². The second kappa shape index (κ2) is 6.45. The van der Waals surface area contributed by atoms with E-state index < -0.39 is 24.2 Å². The molecule has 0 aliphatic heterocycles. The van der Waals surface area contributed by atoms with Crippen LogP contribution in [-0.2, 0) is 4.74 Å². The van der Waals surface area contributed by atoms with E-state index in [1.165, 1.54) is 0 Å². The molecule has 1 atom stereocenters. The highest BCUT2D eigenvalue weighted by atomic mass is 19.4. The zero-order valence-corrected chi connectivity index (χ0v) is 10.2. The summed E-state index contributed by atoms with van der Waals surface area (Å²) in [6.07, 6.45) is -3.79. The molecule has 2 N–H and O–H groups in total. The van der Waals surface area contributed by atoms with Crippen molar-refractivity contribution in [2.24, 2.45) is 5.73 Å². The maximum absolute atomic E-state index is 12.1. The molecule has 0 saturated carbocycles. The first-order valence-corrected chi connectivity index (χ1v) is 5.77. The maximum atomic E-state index is 12.1. The summed E-state index contributed by atoms with van der Waals surface area (Å²) in [5, 5.41) is 0. The van der Waals surface area contributed by atoms with Gasteiger partial charge in [-0.05, 0) is 26.2 Å². The van der Waals surface area contributed by atoms with Crippen molar-refractivity contribution in [3.63, 3.8) is 0 Å². The van der Waals surface area contributed by atoms with Crippen LogP contribution in [0.1, 0.15) is 46.5 Å². The lowest BCUT2D eigenvalue weighted by atomic mass is 9.86. The van der Waals surface area contributed by atoms with Crippen molar-refractivity contribution in [2.75, 3.05) is 6.61 Å². The van der Waals surface area contributed by atoms with Crippen molar-refractivity contribution in [2.45, 2.75) is 64.3 Å². The van der Waals surface area contributed by atoms with E-state index in [0.717, 1.165) is 0 Å². The number of halogens is 3. The number of hydrogen-bond acceptors (Lipinski definition) is 2.